The molecule has 1 aromatic carbocycles. The predicted molar refractivity (Wildman–Crippen MR) is 130 cm³/mol. The van der Waals surface area contributed by atoms with E-state index in [1.165, 1.54) is 16.8 Å². The zero-order chi connectivity index (χ0) is 24.1. The molecule has 8 heteroatoms. The Morgan fingerprint density at radius 3 is 2.79 bits per heavy atom. The van der Waals surface area contributed by atoms with Gasteiger partial charge in [-0.05, 0) is 55.6 Å². The standard InChI is InChI=1S/C26H28ClN3O4/c1-18-11-19(14-29-9-2-3-22(31)15-29)4-7-24(18)25(32)16-30-10-8-23(12-26(30)33)34-17-21-6-5-20(27)13-28-21/h4-8,10-13,22,31H,2-3,9,14-17H2,1H3/t22-/m1/s1. The van der Waals surface area contributed by atoms with Crippen molar-refractivity contribution in [1.82, 2.24) is 14.5 Å². The van der Waals surface area contributed by atoms with E-state index >= 15 is 0 Å². The lowest BCUT2D eigenvalue weighted by Gasteiger charge is -2.30. The van der Waals surface area contributed by atoms with Crippen LogP contribution in [-0.4, -0.2) is 44.5 Å². The van der Waals surface area contributed by atoms with Crippen molar-refractivity contribution in [3.05, 3.63) is 92.6 Å². The van der Waals surface area contributed by atoms with Crippen molar-refractivity contribution in [2.45, 2.75) is 45.6 Å². The molecular formula is C26H28ClN3O4. The third-order valence-electron chi connectivity index (χ3n) is 5.93. The van der Waals surface area contributed by atoms with Gasteiger partial charge in [0, 0.05) is 37.1 Å². The van der Waals surface area contributed by atoms with Crippen LogP contribution < -0.4 is 10.3 Å². The van der Waals surface area contributed by atoms with Gasteiger partial charge in [0.1, 0.15) is 12.4 Å². The van der Waals surface area contributed by atoms with E-state index in [1.54, 1.807) is 24.4 Å². The summed E-state index contributed by atoms with van der Waals surface area (Å²) < 4.78 is 7.01. The third-order valence-corrected chi connectivity index (χ3v) is 6.16. The molecule has 1 aliphatic heterocycles. The molecular weight excluding hydrogens is 454 g/mol. The van der Waals surface area contributed by atoms with Crippen LogP contribution in [0.2, 0.25) is 5.02 Å². The second kappa shape index (κ2) is 11.0. The topological polar surface area (TPSA) is 84.7 Å². The quantitative estimate of drug-likeness (QED) is 0.495. The number of aryl methyl sites for hydroxylation is 1. The van der Waals surface area contributed by atoms with Gasteiger partial charge in [-0.2, -0.15) is 0 Å². The first-order chi connectivity index (χ1) is 16.4. The molecule has 2 aromatic heterocycles. The number of piperidine rings is 1. The summed E-state index contributed by atoms with van der Waals surface area (Å²) in [4.78, 5) is 31.8. The maximum Gasteiger partial charge on any atom is 0.254 e. The van der Waals surface area contributed by atoms with Crippen molar-refractivity contribution in [1.29, 1.82) is 0 Å². The molecule has 1 N–H and O–H groups in total. The van der Waals surface area contributed by atoms with Gasteiger partial charge in [0.05, 0.1) is 23.4 Å². The number of carbonyl (C=O) groups is 1. The van der Waals surface area contributed by atoms with Gasteiger partial charge in [-0.15, -0.1) is 0 Å². The molecule has 7 nitrogen and oxygen atoms in total. The molecule has 0 unspecified atom stereocenters. The van der Waals surface area contributed by atoms with Crippen LogP contribution in [0.1, 0.15) is 40.0 Å². The second-order valence-corrected chi connectivity index (χ2v) is 9.13. The number of ketones is 1. The summed E-state index contributed by atoms with van der Waals surface area (Å²) in [5, 5.41) is 10.4. The predicted octanol–water partition coefficient (Wildman–Crippen LogP) is 3.62. The zero-order valence-electron chi connectivity index (χ0n) is 19.1. The van der Waals surface area contributed by atoms with E-state index in [0.29, 0.717) is 28.6 Å². The van der Waals surface area contributed by atoms with E-state index in [0.717, 1.165) is 37.1 Å². The van der Waals surface area contributed by atoms with Crippen molar-refractivity contribution >= 4 is 17.4 Å². The molecule has 34 heavy (non-hydrogen) atoms. The fourth-order valence-electron chi connectivity index (χ4n) is 4.17. The van der Waals surface area contributed by atoms with Gasteiger partial charge >= 0.3 is 0 Å². The number of rotatable bonds is 8. The molecule has 178 valence electrons. The fourth-order valence-corrected chi connectivity index (χ4v) is 4.28. The maximum absolute atomic E-state index is 12.9. The number of carbonyl (C=O) groups excluding carboxylic acids is 1. The number of Topliss-reactive ketones (excluding diaryl/α,β-unsaturated/α-hetero) is 1. The van der Waals surface area contributed by atoms with Crippen molar-refractivity contribution in [3.8, 4) is 5.75 Å². The Kier molecular flexibility index (Phi) is 7.77. The largest absolute Gasteiger partial charge is 0.487 e. The molecule has 3 heterocycles. The summed E-state index contributed by atoms with van der Waals surface area (Å²) >= 11 is 5.83. The van der Waals surface area contributed by atoms with E-state index in [-0.39, 0.29) is 30.6 Å². The number of hydrogen-bond donors (Lipinski definition) is 1. The number of benzene rings is 1. The summed E-state index contributed by atoms with van der Waals surface area (Å²) in [7, 11) is 0. The van der Waals surface area contributed by atoms with Gasteiger partial charge in [-0.25, -0.2) is 0 Å². The summed E-state index contributed by atoms with van der Waals surface area (Å²) in [6.45, 7) is 4.47. The number of nitrogens with zero attached hydrogens (tertiary/aromatic N) is 3. The van der Waals surface area contributed by atoms with E-state index in [4.69, 9.17) is 16.3 Å². The number of halogens is 1. The van der Waals surface area contributed by atoms with E-state index in [2.05, 4.69) is 9.88 Å². The normalized spacial score (nSPS) is 16.4. The van der Waals surface area contributed by atoms with Gasteiger partial charge < -0.3 is 14.4 Å². The van der Waals surface area contributed by atoms with Crippen LogP contribution in [0.15, 0.2) is 59.7 Å². The van der Waals surface area contributed by atoms with Crippen molar-refractivity contribution in [3.63, 3.8) is 0 Å². The minimum Gasteiger partial charge on any atom is -0.487 e. The summed E-state index contributed by atoms with van der Waals surface area (Å²) in [6.07, 6.45) is 4.69. The molecule has 0 aliphatic carbocycles. The van der Waals surface area contributed by atoms with Crippen LogP contribution >= 0.6 is 11.6 Å². The van der Waals surface area contributed by atoms with Gasteiger partial charge in [0.15, 0.2) is 5.78 Å². The molecule has 0 amide bonds. The van der Waals surface area contributed by atoms with Crippen LogP contribution in [0, 0.1) is 6.92 Å². The van der Waals surface area contributed by atoms with Crippen LogP contribution in [0.4, 0.5) is 0 Å². The minimum absolute atomic E-state index is 0.0453. The second-order valence-electron chi connectivity index (χ2n) is 8.69. The first-order valence-corrected chi connectivity index (χ1v) is 11.7. The Bertz CT molecular complexity index is 1210. The number of hydrogen-bond acceptors (Lipinski definition) is 6. The number of aliphatic hydroxyl groups is 1. The molecule has 1 aliphatic rings. The average Bonchev–Trinajstić information content (AvgIpc) is 2.80. The number of pyridine rings is 2. The lowest BCUT2D eigenvalue weighted by Crippen LogP contribution is -2.37. The van der Waals surface area contributed by atoms with Crippen LogP contribution in [0.25, 0.3) is 0 Å². The first-order valence-electron chi connectivity index (χ1n) is 11.3. The van der Waals surface area contributed by atoms with Gasteiger partial charge in [0.2, 0.25) is 0 Å². The first kappa shape index (κ1) is 24.1. The molecule has 1 saturated heterocycles. The lowest BCUT2D eigenvalue weighted by atomic mass is 10.0. The third kappa shape index (κ3) is 6.32. The highest BCUT2D eigenvalue weighted by Crippen LogP contribution is 2.18. The molecule has 4 rings (SSSR count). The summed E-state index contributed by atoms with van der Waals surface area (Å²) in [5.41, 5.74) is 2.97. The highest BCUT2D eigenvalue weighted by molar-refractivity contribution is 6.30. The van der Waals surface area contributed by atoms with Gasteiger partial charge in [0.25, 0.3) is 5.56 Å². The van der Waals surface area contributed by atoms with E-state index < -0.39 is 0 Å². The molecule has 0 saturated carbocycles. The maximum atomic E-state index is 12.9. The fraction of sp³-hybridized carbons (Fsp3) is 0.346. The van der Waals surface area contributed by atoms with Crippen LogP contribution in [0.5, 0.6) is 5.75 Å². The number of aliphatic hydroxyl groups excluding tert-OH is 1. The average molecular weight is 482 g/mol. The number of ether oxygens (including phenoxy) is 1. The number of aromatic nitrogens is 2. The van der Waals surface area contributed by atoms with Crippen molar-refractivity contribution in [2.75, 3.05) is 13.1 Å². The van der Waals surface area contributed by atoms with Gasteiger partial charge in [-0.1, -0.05) is 29.8 Å². The SMILES string of the molecule is Cc1cc(CN2CCC[C@@H](O)C2)ccc1C(=O)Cn1ccc(OCc2ccc(Cl)cn2)cc1=O. The monoisotopic (exact) mass is 481 g/mol. The molecule has 1 fully saturated rings. The molecule has 0 spiro atoms. The van der Waals surface area contributed by atoms with Crippen molar-refractivity contribution < 1.29 is 14.6 Å². The molecule has 0 bridgehead atoms. The lowest BCUT2D eigenvalue weighted by molar-refractivity contribution is 0.0668. The van der Waals surface area contributed by atoms with E-state index in [9.17, 15) is 14.7 Å². The minimum atomic E-state index is -0.312. The number of β-amino-alcohol motifs (C(OH)–C–C–N with tert-alkyl or cyclic N) is 1. The summed E-state index contributed by atoms with van der Waals surface area (Å²) in [6, 6.07) is 12.3. The Hall–Kier alpha value is -3.00. The van der Waals surface area contributed by atoms with Crippen LogP contribution in [0.3, 0.4) is 0 Å². The zero-order valence-corrected chi connectivity index (χ0v) is 19.9. The highest BCUT2D eigenvalue weighted by atomic mass is 35.5. The molecule has 3 aromatic rings. The molecule has 0 radical (unpaired) electrons. The summed E-state index contributed by atoms with van der Waals surface area (Å²) in [5.74, 6) is 0.285. The van der Waals surface area contributed by atoms with E-state index in [1.807, 2.05) is 25.1 Å². The van der Waals surface area contributed by atoms with Gasteiger partial charge in [-0.3, -0.25) is 19.5 Å². The smallest absolute Gasteiger partial charge is 0.254 e. The van der Waals surface area contributed by atoms with Crippen molar-refractivity contribution in [2.24, 2.45) is 0 Å². The Balaban J connectivity index is 1.37. The highest BCUT2D eigenvalue weighted by Gasteiger charge is 2.18. The van der Waals surface area contributed by atoms with Crippen LogP contribution in [-0.2, 0) is 19.7 Å². The Morgan fingerprint density at radius 2 is 2.09 bits per heavy atom. The Morgan fingerprint density at radius 1 is 1.24 bits per heavy atom. The molecule has 1 atom stereocenters. The Labute approximate surface area is 203 Å². The number of likely N-dealkylation sites (tertiary alicyclic amines) is 1.